The van der Waals surface area contributed by atoms with Gasteiger partial charge in [-0.2, -0.15) is 0 Å². The van der Waals surface area contributed by atoms with Crippen molar-refractivity contribution in [1.29, 1.82) is 0 Å². The molecule has 94 valence electrons. The Morgan fingerprint density at radius 3 is 2.71 bits per heavy atom. The van der Waals surface area contributed by atoms with E-state index in [9.17, 15) is 0 Å². The molecule has 0 saturated heterocycles. The third-order valence-electron chi connectivity index (χ3n) is 2.47. The maximum atomic E-state index is 5.74. The summed E-state index contributed by atoms with van der Waals surface area (Å²) in [7, 11) is 1.64. The van der Waals surface area contributed by atoms with Crippen molar-refractivity contribution in [2.24, 2.45) is 0 Å². The van der Waals surface area contributed by atoms with Gasteiger partial charge in [-0.15, -0.1) is 6.58 Å². The van der Waals surface area contributed by atoms with Gasteiger partial charge in [0.1, 0.15) is 6.79 Å². The van der Waals surface area contributed by atoms with Crippen molar-refractivity contribution in [2.75, 3.05) is 13.9 Å². The zero-order valence-corrected chi connectivity index (χ0v) is 12.6. The zero-order valence-electron chi connectivity index (χ0n) is 10.4. The average molecular weight is 346 g/mol. The molecule has 0 aliphatic heterocycles. The predicted octanol–water partition coefficient (Wildman–Crippen LogP) is 4.31. The highest BCUT2D eigenvalue weighted by Gasteiger charge is 2.14. The highest BCUT2D eigenvalue weighted by Crippen LogP contribution is 2.28. The summed E-state index contributed by atoms with van der Waals surface area (Å²) in [5.41, 5.74) is 2.41. The minimum Gasteiger partial charge on any atom is -0.359 e. The summed E-state index contributed by atoms with van der Waals surface area (Å²) in [5, 5.41) is 0. The monoisotopic (exact) mass is 346 g/mol. The fourth-order valence-electron chi connectivity index (χ4n) is 1.59. The van der Waals surface area contributed by atoms with E-state index in [0.717, 1.165) is 12.8 Å². The number of allylic oxidation sites excluding steroid dienone is 1. The first kappa shape index (κ1) is 14.7. The lowest BCUT2D eigenvalue weighted by atomic mass is 10.0. The van der Waals surface area contributed by atoms with Crippen molar-refractivity contribution >= 4 is 22.6 Å². The molecule has 0 radical (unpaired) electrons. The molecule has 0 amide bonds. The number of methoxy groups -OCH3 is 1. The Bertz CT molecular complexity index is 363. The Balaban J connectivity index is 2.74. The van der Waals surface area contributed by atoms with Crippen LogP contribution in [0.25, 0.3) is 0 Å². The minimum absolute atomic E-state index is 0.0831. The quantitative estimate of drug-likeness (QED) is 0.416. The second kappa shape index (κ2) is 7.84. The molecule has 17 heavy (non-hydrogen) atoms. The average Bonchev–Trinajstić information content (AvgIpc) is 2.30. The van der Waals surface area contributed by atoms with Crippen LogP contribution in [-0.4, -0.2) is 13.9 Å². The molecule has 0 unspecified atom stereocenters. The van der Waals surface area contributed by atoms with E-state index in [1.54, 1.807) is 7.11 Å². The van der Waals surface area contributed by atoms with Crippen molar-refractivity contribution in [3.8, 4) is 0 Å². The van der Waals surface area contributed by atoms with Crippen molar-refractivity contribution < 1.29 is 9.47 Å². The standard InChI is InChI=1S/C14H19IO2/c1-11(2)8-9-14(17-10-16-3)12-6-4-5-7-13(12)15/h4-7,14H,1,8-10H2,2-3H3/t14-/m0/s1. The third kappa shape index (κ3) is 5.19. The molecule has 0 aliphatic rings. The predicted molar refractivity (Wildman–Crippen MR) is 78.9 cm³/mol. The summed E-state index contributed by atoms with van der Waals surface area (Å²) < 4.78 is 12.0. The zero-order chi connectivity index (χ0) is 12.7. The van der Waals surface area contributed by atoms with Gasteiger partial charge in [0.15, 0.2) is 0 Å². The van der Waals surface area contributed by atoms with Gasteiger partial charge in [-0.3, -0.25) is 0 Å². The molecule has 0 heterocycles. The van der Waals surface area contributed by atoms with Gasteiger partial charge in [-0.25, -0.2) is 0 Å². The van der Waals surface area contributed by atoms with Crippen LogP contribution < -0.4 is 0 Å². The highest BCUT2D eigenvalue weighted by atomic mass is 127. The Kier molecular flexibility index (Phi) is 6.77. The SMILES string of the molecule is C=C(C)CC[C@H](OCOC)c1ccccc1I. The van der Waals surface area contributed by atoms with Crippen molar-refractivity contribution in [3.05, 3.63) is 45.6 Å². The molecule has 0 aliphatic carbocycles. The minimum atomic E-state index is 0.0831. The number of ether oxygens (including phenoxy) is 2. The van der Waals surface area contributed by atoms with Gasteiger partial charge in [0, 0.05) is 10.7 Å². The Hall–Kier alpha value is -0.390. The smallest absolute Gasteiger partial charge is 0.147 e. The number of hydrogen-bond donors (Lipinski definition) is 0. The molecule has 1 aromatic carbocycles. The van der Waals surface area contributed by atoms with E-state index in [4.69, 9.17) is 9.47 Å². The number of rotatable bonds is 7. The fraction of sp³-hybridized carbons (Fsp3) is 0.429. The Morgan fingerprint density at radius 1 is 1.41 bits per heavy atom. The first-order valence-electron chi connectivity index (χ1n) is 5.64. The van der Waals surface area contributed by atoms with E-state index >= 15 is 0 Å². The van der Waals surface area contributed by atoms with Crippen LogP contribution in [0.4, 0.5) is 0 Å². The highest BCUT2D eigenvalue weighted by molar-refractivity contribution is 14.1. The van der Waals surface area contributed by atoms with Gasteiger partial charge < -0.3 is 9.47 Å². The molecule has 1 atom stereocenters. The maximum absolute atomic E-state index is 5.74. The molecule has 1 aromatic rings. The molecule has 0 N–H and O–H groups in total. The normalized spacial score (nSPS) is 12.4. The van der Waals surface area contributed by atoms with Gasteiger partial charge >= 0.3 is 0 Å². The lowest BCUT2D eigenvalue weighted by Gasteiger charge is -2.19. The summed E-state index contributed by atoms with van der Waals surface area (Å²) in [6.45, 7) is 6.30. The van der Waals surface area contributed by atoms with E-state index in [0.29, 0.717) is 6.79 Å². The first-order valence-corrected chi connectivity index (χ1v) is 6.72. The molecular formula is C14H19IO2. The van der Waals surface area contributed by atoms with Crippen LogP contribution in [0.15, 0.2) is 36.4 Å². The molecule has 2 nitrogen and oxygen atoms in total. The Morgan fingerprint density at radius 2 is 2.12 bits per heavy atom. The number of benzene rings is 1. The second-order valence-corrected chi connectivity index (χ2v) is 5.24. The lowest BCUT2D eigenvalue weighted by molar-refractivity contribution is -0.0759. The maximum Gasteiger partial charge on any atom is 0.147 e. The molecule has 0 fully saturated rings. The fourth-order valence-corrected chi connectivity index (χ4v) is 2.33. The molecular weight excluding hydrogens is 327 g/mol. The number of hydrogen-bond acceptors (Lipinski definition) is 2. The Labute approximate surface area is 117 Å². The van der Waals surface area contributed by atoms with E-state index in [1.807, 2.05) is 19.1 Å². The molecule has 0 saturated carbocycles. The molecule has 1 rings (SSSR count). The van der Waals surface area contributed by atoms with Gasteiger partial charge in [0.05, 0.1) is 6.10 Å². The van der Waals surface area contributed by atoms with E-state index in [2.05, 4.69) is 41.3 Å². The number of halogens is 1. The molecule has 0 spiro atoms. The second-order valence-electron chi connectivity index (χ2n) is 4.08. The molecule has 0 aromatic heterocycles. The first-order chi connectivity index (χ1) is 8.15. The van der Waals surface area contributed by atoms with Crippen LogP contribution in [0, 0.1) is 3.57 Å². The van der Waals surface area contributed by atoms with Crippen LogP contribution in [0.5, 0.6) is 0 Å². The summed E-state index contributed by atoms with van der Waals surface area (Å²) in [4.78, 5) is 0. The van der Waals surface area contributed by atoms with E-state index in [1.165, 1.54) is 14.7 Å². The third-order valence-corrected chi connectivity index (χ3v) is 3.45. The van der Waals surface area contributed by atoms with Crippen LogP contribution in [0.3, 0.4) is 0 Å². The molecule has 0 bridgehead atoms. The summed E-state index contributed by atoms with van der Waals surface area (Å²) in [6, 6.07) is 8.29. The summed E-state index contributed by atoms with van der Waals surface area (Å²) >= 11 is 2.34. The topological polar surface area (TPSA) is 18.5 Å². The van der Waals surface area contributed by atoms with Gasteiger partial charge in [-0.1, -0.05) is 23.8 Å². The largest absolute Gasteiger partial charge is 0.359 e. The van der Waals surface area contributed by atoms with Gasteiger partial charge in [0.25, 0.3) is 0 Å². The van der Waals surface area contributed by atoms with Crippen molar-refractivity contribution in [1.82, 2.24) is 0 Å². The van der Waals surface area contributed by atoms with E-state index < -0.39 is 0 Å². The van der Waals surface area contributed by atoms with Gasteiger partial charge in [-0.05, 0) is 54.0 Å². The van der Waals surface area contributed by atoms with Crippen molar-refractivity contribution in [2.45, 2.75) is 25.9 Å². The van der Waals surface area contributed by atoms with Crippen LogP contribution in [-0.2, 0) is 9.47 Å². The van der Waals surface area contributed by atoms with Crippen LogP contribution >= 0.6 is 22.6 Å². The summed E-state index contributed by atoms with van der Waals surface area (Å²) in [5.74, 6) is 0. The molecule has 3 heteroatoms. The van der Waals surface area contributed by atoms with Crippen molar-refractivity contribution in [3.63, 3.8) is 0 Å². The van der Waals surface area contributed by atoms with Gasteiger partial charge in [0.2, 0.25) is 0 Å². The van der Waals surface area contributed by atoms with E-state index in [-0.39, 0.29) is 6.10 Å². The lowest BCUT2D eigenvalue weighted by Crippen LogP contribution is -2.08. The van der Waals surface area contributed by atoms with Crippen LogP contribution in [0.1, 0.15) is 31.4 Å². The van der Waals surface area contributed by atoms with Crippen LogP contribution in [0.2, 0.25) is 0 Å². The summed E-state index contributed by atoms with van der Waals surface area (Å²) in [6.07, 6.45) is 2.00.